The molecule has 1 fully saturated rings. The number of aromatic nitrogens is 1. The topological polar surface area (TPSA) is 84.7 Å². The molecule has 0 unspecified atom stereocenters. The van der Waals surface area contributed by atoms with Gasteiger partial charge in [0.1, 0.15) is 0 Å². The highest BCUT2D eigenvalue weighted by molar-refractivity contribution is 6.06. The number of anilines is 1. The summed E-state index contributed by atoms with van der Waals surface area (Å²) in [4.78, 5) is 30.9. The molecule has 0 aliphatic carbocycles. The highest BCUT2D eigenvalue weighted by atomic mass is 16.5. The summed E-state index contributed by atoms with van der Waals surface area (Å²) in [6.45, 7) is 2.29. The standard InChI is InChI=1S/C21H19N3O4/c25-20(18-19(28-14-22-18)15-4-2-1-3-5-15)23-17-8-6-16(7-9-17)21(26)24-10-12-27-13-11-24/h1-9,14H,10-13H2,(H,23,25). The fraction of sp³-hybridized carbons (Fsp3) is 0.190. The first-order chi connectivity index (χ1) is 13.7. The summed E-state index contributed by atoms with van der Waals surface area (Å²) in [5, 5.41) is 2.79. The van der Waals surface area contributed by atoms with E-state index in [1.807, 2.05) is 30.3 Å². The van der Waals surface area contributed by atoms with Gasteiger partial charge in [-0.1, -0.05) is 30.3 Å². The Bertz CT molecular complexity index is 961. The van der Waals surface area contributed by atoms with Gasteiger partial charge in [-0.2, -0.15) is 0 Å². The lowest BCUT2D eigenvalue weighted by Gasteiger charge is -2.26. The van der Waals surface area contributed by atoms with Crippen molar-refractivity contribution in [2.45, 2.75) is 0 Å². The third-order valence-electron chi connectivity index (χ3n) is 4.51. The predicted octanol–water partition coefficient (Wildman–Crippen LogP) is 3.07. The summed E-state index contributed by atoms with van der Waals surface area (Å²) >= 11 is 0. The molecular formula is C21H19N3O4. The molecule has 1 saturated heterocycles. The maximum atomic E-state index is 12.6. The Morgan fingerprint density at radius 1 is 0.964 bits per heavy atom. The van der Waals surface area contributed by atoms with Crippen LogP contribution >= 0.6 is 0 Å². The Morgan fingerprint density at radius 3 is 2.39 bits per heavy atom. The highest BCUT2D eigenvalue weighted by Crippen LogP contribution is 2.23. The molecule has 1 aliphatic rings. The van der Waals surface area contributed by atoms with Crippen LogP contribution in [-0.2, 0) is 4.74 Å². The van der Waals surface area contributed by atoms with E-state index in [9.17, 15) is 9.59 Å². The van der Waals surface area contributed by atoms with Crippen molar-refractivity contribution >= 4 is 17.5 Å². The van der Waals surface area contributed by atoms with Crippen molar-refractivity contribution in [3.05, 3.63) is 72.2 Å². The number of benzene rings is 2. The fourth-order valence-corrected chi connectivity index (χ4v) is 3.04. The van der Waals surface area contributed by atoms with E-state index in [0.717, 1.165) is 5.56 Å². The molecule has 28 heavy (non-hydrogen) atoms. The number of hydrogen-bond acceptors (Lipinski definition) is 5. The number of nitrogens with zero attached hydrogens (tertiary/aromatic N) is 2. The van der Waals surface area contributed by atoms with Gasteiger partial charge in [0.05, 0.1) is 13.2 Å². The van der Waals surface area contributed by atoms with E-state index in [2.05, 4.69) is 10.3 Å². The average molecular weight is 377 g/mol. The molecule has 1 aromatic heterocycles. The molecule has 3 aromatic rings. The van der Waals surface area contributed by atoms with Crippen molar-refractivity contribution < 1.29 is 18.7 Å². The summed E-state index contributed by atoms with van der Waals surface area (Å²) in [6, 6.07) is 16.1. The van der Waals surface area contributed by atoms with Gasteiger partial charge in [0.2, 0.25) is 0 Å². The molecule has 2 amide bonds. The molecule has 0 atom stereocenters. The number of ether oxygens (including phenoxy) is 1. The molecule has 4 rings (SSSR count). The Kier molecular flexibility index (Phi) is 5.16. The van der Waals surface area contributed by atoms with Crippen LogP contribution in [0.5, 0.6) is 0 Å². The number of carbonyl (C=O) groups excluding carboxylic acids is 2. The lowest BCUT2D eigenvalue weighted by atomic mass is 10.1. The van der Waals surface area contributed by atoms with Crippen LogP contribution in [0.3, 0.4) is 0 Å². The van der Waals surface area contributed by atoms with Gasteiger partial charge in [0.25, 0.3) is 11.8 Å². The molecular weight excluding hydrogens is 358 g/mol. The molecule has 7 nitrogen and oxygen atoms in total. The minimum absolute atomic E-state index is 0.0379. The zero-order valence-corrected chi connectivity index (χ0v) is 15.1. The monoisotopic (exact) mass is 377 g/mol. The van der Waals surface area contributed by atoms with Gasteiger partial charge >= 0.3 is 0 Å². The van der Waals surface area contributed by atoms with Gasteiger partial charge in [0, 0.05) is 29.9 Å². The summed E-state index contributed by atoms with van der Waals surface area (Å²) in [6.07, 6.45) is 1.25. The molecule has 0 spiro atoms. The van der Waals surface area contributed by atoms with E-state index in [4.69, 9.17) is 9.15 Å². The van der Waals surface area contributed by atoms with E-state index in [-0.39, 0.29) is 17.5 Å². The van der Waals surface area contributed by atoms with Crippen LogP contribution < -0.4 is 5.32 Å². The summed E-state index contributed by atoms with van der Waals surface area (Å²) in [7, 11) is 0. The Balaban J connectivity index is 1.46. The quantitative estimate of drug-likeness (QED) is 0.755. The zero-order chi connectivity index (χ0) is 19.3. The third kappa shape index (κ3) is 3.79. The largest absolute Gasteiger partial charge is 0.443 e. The molecule has 2 heterocycles. The van der Waals surface area contributed by atoms with E-state index >= 15 is 0 Å². The third-order valence-corrected chi connectivity index (χ3v) is 4.51. The molecule has 0 radical (unpaired) electrons. The van der Waals surface area contributed by atoms with E-state index < -0.39 is 0 Å². The molecule has 1 aliphatic heterocycles. The second kappa shape index (κ2) is 8.06. The van der Waals surface area contributed by atoms with Crippen molar-refractivity contribution in [3.8, 4) is 11.3 Å². The predicted molar refractivity (Wildman–Crippen MR) is 103 cm³/mol. The minimum atomic E-state index is -0.375. The van der Waals surface area contributed by atoms with Crippen LogP contribution in [0.4, 0.5) is 5.69 Å². The molecule has 142 valence electrons. The molecule has 7 heteroatoms. The average Bonchev–Trinajstić information content (AvgIpc) is 3.25. The Labute approximate surface area is 161 Å². The van der Waals surface area contributed by atoms with Crippen molar-refractivity contribution in [2.24, 2.45) is 0 Å². The molecule has 1 N–H and O–H groups in total. The molecule has 0 bridgehead atoms. The van der Waals surface area contributed by atoms with Crippen molar-refractivity contribution in [2.75, 3.05) is 31.6 Å². The van der Waals surface area contributed by atoms with Gasteiger partial charge in [-0.25, -0.2) is 4.98 Å². The molecule has 2 aromatic carbocycles. The summed E-state index contributed by atoms with van der Waals surface area (Å²) < 4.78 is 10.7. The van der Waals surface area contributed by atoms with Crippen LogP contribution in [0, 0.1) is 0 Å². The van der Waals surface area contributed by atoms with Crippen LogP contribution in [0.25, 0.3) is 11.3 Å². The normalized spacial score (nSPS) is 13.9. The van der Waals surface area contributed by atoms with Crippen LogP contribution in [0.1, 0.15) is 20.8 Å². The first-order valence-electron chi connectivity index (χ1n) is 9.00. The van der Waals surface area contributed by atoms with E-state index in [1.165, 1.54) is 6.39 Å². The number of carbonyl (C=O) groups is 2. The van der Waals surface area contributed by atoms with Crippen molar-refractivity contribution in [1.29, 1.82) is 0 Å². The van der Waals surface area contributed by atoms with Gasteiger partial charge in [-0.3, -0.25) is 9.59 Å². The first-order valence-corrected chi connectivity index (χ1v) is 9.00. The van der Waals surface area contributed by atoms with E-state index in [0.29, 0.717) is 43.3 Å². The van der Waals surface area contributed by atoms with Gasteiger partial charge in [0.15, 0.2) is 17.8 Å². The number of hydrogen-bond donors (Lipinski definition) is 1. The maximum absolute atomic E-state index is 12.6. The first kappa shape index (κ1) is 17.9. The lowest BCUT2D eigenvalue weighted by molar-refractivity contribution is 0.0303. The highest BCUT2D eigenvalue weighted by Gasteiger charge is 2.20. The SMILES string of the molecule is O=C(Nc1ccc(C(=O)N2CCOCC2)cc1)c1ncoc1-c1ccccc1. The summed E-state index contributed by atoms with van der Waals surface area (Å²) in [5.41, 5.74) is 2.13. The second-order valence-electron chi connectivity index (χ2n) is 6.33. The van der Waals surface area contributed by atoms with Crippen LogP contribution in [0.15, 0.2) is 65.4 Å². The lowest BCUT2D eigenvalue weighted by Crippen LogP contribution is -2.40. The Morgan fingerprint density at radius 2 is 1.68 bits per heavy atom. The van der Waals surface area contributed by atoms with Gasteiger partial charge < -0.3 is 19.4 Å². The second-order valence-corrected chi connectivity index (χ2v) is 6.33. The number of rotatable bonds is 4. The summed E-state index contributed by atoms with van der Waals surface area (Å²) in [5.74, 6) is 0.00103. The molecule has 0 saturated carbocycles. The van der Waals surface area contributed by atoms with Crippen LogP contribution in [0.2, 0.25) is 0 Å². The van der Waals surface area contributed by atoms with Gasteiger partial charge in [-0.05, 0) is 24.3 Å². The van der Waals surface area contributed by atoms with E-state index in [1.54, 1.807) is 29.2 Å². The van der Waals surface area contributed by atoms with Crippen molar-refractivity contribution in [3.63, 3.8) is 0 Å². The minimum Gasteiger partial charge on any atom is -0.443 e. The van der Waals surface area contributed by atoms with Gasteiger partial charge in [-0.15, -0.1) is 0 Å². The number of nitrogens with one attached hydrogen (secondary N) is 1. The van der Waals surface area contributed by atoms with Crippen molar-refractivity contribution in [1.82, 2.24) is 9.88 Å². The number of oxazole rings is 1. The Hall–Kier alpha value is -3.45. The number of amides is 2. The van der Waals surface area contributed by atoms with Crippen LogP contribution in [-0.4, -0.2) is 48.0 Å². The smallest absolute Gasteiger partial charge is 0.278 e. The zero-order valence-electron chi connectivity index (χ0n) is 15.1. The fourth-order valence-electron chi connectivity index (χ4n) is 3.04. The number of morpholine rings is 1. The maximum Gasteiger partial charge on any atom is 0.278 e.